The third-order valence-electron chi connectivity index (χ3n) is 7.61. The standard InChI is InChI=1S/C31H62N2O4/c1-6-7-8-9-10-11-12-15-20-27-37-29(36)31(4,5)22-17-19-25-33(26-23-32)24-18-14-13-16-21-30(2,3)28(34)35/h6-27,32H2,1-5H3,(H,34,35). The van der Waals surface area contributed by atoms with Crippen molar-refractivity contribution >= 4 is 11.9 Å². The lowest BCUT2D eigenvalue weighted by Gasteiger charge is -2.25. The number of unbranched alkanes of at least 4 members (excludes halogenated alkanes) is 12. The van der Waals surface area contributed by atoms with E-state index in [4.69, 9.17) is 10.5 Å². The van der Waals surface area contributed by atoms with E-state index in [0.717, 1.165) is 83.8 Å². The van der Waals surface area contributed by atoms with Gasteiger partial charge in [0.05, 0.1) is 17.4 Å². The van der Waals surface area contributed by atoms with Crippen molar-refractivity contribution < 1.29 is 19.4 Å². The molecule has 0 amide bonds. The molecule has 6 nitrogen and oxygen atoms in total. The predicted molar refractivity (Wildman–Crippen MR) is 156 cm³/mol. The lowest BCUT2D eigenvalue weighted by Crippen LogP contribution is -2.32. The summed E-state index contributed by atoms with van der Waals surface area (Å²) in [7, 11) is 0. The summed E-state index contributed by atoms with van der Waals surface area (Å²) in [6.07, 6.45) is 19.3. The van der Waals surface area contributed by atoms with Gasteiger partial charge in [-0.05, 0) is 72.9 Å². The summed E-state index contributed by atoms with van der Waals surface area (Å²) in [4.78, 5) is 26.2. The van der Waals surface area contributed by atoms with Gasteiger partial charge in [-0.15, -0.1) is 0 Å². The summed E-state index contributed by atoms with van der Waals surface area (Å²) in [5.41, 5.74) is 4.77. The molecule has 0 unspecified atom stereocenters. The molecule has 0 fully saturated rings. The minimum absolute atomic E-state index is 0.0584. The van der Waals surface area contributed by atoms with Crippen molar-refractivity contribution in [2.24, 2.45) is 16.6 Å². The second-order valence-electron chi connectivity index (χ2n) is 12.3. The molecular weight excluding hydrogens is 464 g/mol. The van der Waals surface area contributed by atoms with Crippen molar-refractivity contribution in [2.45, 2.75) is 144 Å². The molecular formula is C31H62N2O4. The Balaban J connectivity index is 3.95. The van der Waals surface area contributed by atoms with Crippen LogP contribution in [0, 0.1) is 10.8 Å². The molecule has 0 bridgehead atoms. The van der Waals surface area contributed by atoms with Crippen molar-refractivity contribution in [1.82, 2.24) is 4.90 Å². The molecule has 0 atom stereocenters. The first kappa shape index (κ1) is 35.9. The van der Waals surface area contributed by atoms with Crippen molar-refractivity contribution in [3.8, 4) is 0 Å². The van der Waals surface area contributed by atoms with E-state index in [1.165, 1.54) is 44.9 Å². The van der Waals surface area contributed by atoms with Crippen LogP contribution in [0.25, 0.3) is 0 Å². The number of carboxylic acids is 1. The highest BCUT2D eigenvalue weighted by Gasteiger charge is 2.28. The average Bonchev–Trinajstić information content (AvgIpc) is 2.84. The SMILES string of the molecule is CCCCCCCCCCCOC(=O)C(C)(C)CCCCN(CCN)CCCCCCC(C)(C)C(=O)O. The van der Waals surface area contributed by atoms with Gasteiger partial charge >= 0.3 is 11.9 Å². The zero-order chi connectivity index (χ0) is 28.0. The molecule has 0 aliphatic rings. The minimum atomic E-state index is -0.711. The van der Waals surface area contributed by atoms with Crippen molar-refractivity contribution in [3.05, 3.63) is 0 Å². The van der Waals surface area contributed by atoms with E-state index >= 15 is 0 Å². The van der Waals surface area contributed by atoms with Crippen molar-refractivity contribution in [1.29, 1.82) is 0 Å². The largest absolute Gasteiger partial charge is 0.481 e. The van der Waals surface area contributed by atoms with Gasteiger partial charge < -0.3 is 20.5 Å². The van der Waals surface area contributed by atoms with Crippen LogP contribution in [0.3, 0.4) is 0 Å². The van der Waals surface area contributed by atoms with E-state index in [-0.39, 0.29) is 5.97 Å². The highest BCUT2D eigenvalue weighted by molar-refractivity contribution is 5.75. The summed E-state index contributed by atoms with van der Waals surface area (Å²) in [5.74, 6) is -0.770. The van der Waals surface area contributed by atoms with Crippen LogP contribution in [-0.4, -0.2) is 54.7 Å². The zero-order valence-corrected chi connectivity index (χ0v) is 25.3. The number of nitrogens with zero attached hydrogens (tertiary/aromatic N) is 1. The number of ether oxygens (including phenoxy) is 1. The molecule has 37 heavy (non-hydrogen) atoms. The quantitative estimate of drug-likeness (QED) is 0.0891. The van der Waals surface area contributed by atoms with Crippen LogP contribution in [0.15, 0.2) is 0 Å². The van der Waals surface area contributed by atoms with Crippen molar-refractivity contribution in [2.75, 3.05) is 32.8 Å². The number of carbonyl (C=O) groups is 2. The molecule has 0 radical (unpaired) electrons. The van der Waals surface area contributed by atoms with Gasteiger partial charge in [0.15, 0.2) is 0 Å². The molecule has 0 aliphatic carbocycles. The Morgan fingerprint density at radius 3 is 1.70 bits per heavy atom. The van der Waals surface area contributed by atoms with Gasteiger partial charge in [-0.1, -0.05) is 84.0 Å². The van der Waals surface area contributed by atoms with E-state index in [9.17, 15) is 14.7 Å². The van der Waals surface area contributed by atoms with Crippen LogP contribution < -0.4 is 5.73 Å². The Hall–Kier alpha value is -1.14. The molecule has 0 saturated heterocycles. The van der Waals surface area contributed by atoms with Gasteiger partial charge in [0.2, 0.25) is 0 Å². The first-order chi connectivity index (χ1) is 17.6. The van der Waals surface area contributed by atoms with Gasteiger partial charge in [-0.25, -0.2) is 0 Å². The Morgan fingerprint density at radius 2 is 1.14 bits per heavy atom. The van der Waals surface area contributed by atoms with Gasteiger partial charge in [-0.2, -0.15) is 0 Å². The van der Waals surface area contributed by atoms with Gasteiger partial charge in [-0.3, -0.25) is 9.59 Å². The smallest absolute Gasteiger partial charge is 0.311 e. The van der Waals surface area contributed by atoms with E-state index in [0.29, 0.717) is 13.2 Å². The third-order valence-corrected chi connectivity index (χ3v) is 7.61. The van der Waals surface area contributed by atoms with Crippen molar-refractivity contribution in [3.63, 3.8) is 0 Å². The maximum Gasteiger partial charge on any atom is 0.311 e. The molecule has 6 heteroatoms. The monoisotopic (exact) mass is 526 g/mol. The van der Waals surface area contributed by atoms with Crippen LogP contribution in [0.5, 0.6) is 0 Å². The molecule has 0 spiro atoms. The lowest BCUT2D eigenvalue weighted by atomic mass is 9.87. The van der Waals surface area contributed by atoms with Crippen LogP contribution in [0.2, 0.25) is 0 Å². The Bertz CT molecular complexity index is 578. The molecule has 3 N–H and O–H groups in total. The molecule has 220 valence electrons. The molecule has 0 heterocycles. The fourth-order valence-electron chi connectivity index (χ4n) is 4.66. The second kappa shape index (κ2) is 21.8. The number of aliphatic carboxylic acids is 1. The molecule has 0 rings (SSSR count). The number of hydrogen-bond donors (Lipinski definition) is 2. The van der Waals surface area contributed by atoms with E-state index in [1.807, 2.05) is 13.8 Å². The van der Waals surface area contributed by atoms with Gasteiger partial charge in [0.25, 0.3) is 0 Å². The second-order valence-corrected chi connectivity index (χ2v) is 12.3. The van der Waals surface area contributed by atoms with Gasteiger partial charge in [0.1, 0.15) is 0 Å². The molecule has 0 saturated carbocycles. The lowest BCUT2D eigenvalue weighted by molar-refractivity contribution is -0.154. The fourth-order valence-corrected chi connectivity index (χ4v) is 4.66. The topological polar surface area (TPSA) is 92.9 Å². The molecule has 0 aromatic carbocycles. The number of carboxylic acid groups (broad SMARTS) is 1. The third kappa shape index (κ3) is 19.6. The number of rotatable bonds is 26. The summed E-state index contributed by atoms with van der Waals surface area (Å²) in [5, 5.41) is 9.22. The van der Waals surface area contributed by atoms with Gasteiger partial charge in [0, 0.05) is 13.1 Å². The number of carbonyl (C=O) groups excluding carboxylic acids is 1. The highest BCUT2D eigenvalue weighted by Crippen LogP contribution is 2.26. The number of hydrogen-bond acceptors (Lipinski definition) is 5. The maximum atomic E-state index is 12.6. The van der Waals surface area contributed by atoms with E-state index in [2.05, 4.69) is 11.8 Å². The molecule has 0 aromatic heterocycles. The van der Waals surface area contributed by atoms with Crippen LogP contribution in [0.4, 0.5) is 0 Å². The maximum absolute atomic E-state index is 12.6. The number of nitrogens with two attached hydrogens (primary N) is 1. The Labute approximate surface area is 229 Å². The zero-order valence-electron chi connectivity index (χ0n) is 25.3. The van der Waals surface area contributed by atoms with E-state index in [1.54, 1.807) is 13.8 Å². The first-order valence-electron chi connectivity index (χ1n) is 15.4. The van der Waals surface area contributed by atoms with Crippen LogP contribution >= 0.6 is 0 Å². The summed E-state index contributed by atoms with van der Waals surface area (Å²) < 4.78 is 5.60. The predicted octanol–water partition coefficient (Wildman–Crippen LogP) is 7.58. The van der Waals surface area contributed by atoms with Crippen LogP contribution in [-0.2, 0) is 14.3 Å². The fraction of sp³-hybridized carbons (Fsp3) is 0.935. The summed E-state index contributed by atoms with van der Waals surface area (Å²) in [6, 6.07) is 0. The average molecular weight is 527 g/mol. The minimum Gasteiger partial charge on any atom is -0.481 e. The molecule has 0 aliphatic heterocycles. The first-order valence-corrected chi connectivity index (χ1v) is 15.4. The Morgan fingerprint density at radius 1 is 0.676 bits per heavy atom. The summed E-state index contributed by atoms with van der Waals surface area (Å²) >= 11 is 0. The number of esters is 1. The molecule has 0 aromatic rings. The van der Waals surface area contributed by atoms with Crippen LogP contribution in [0.1, 0.15) is 144 Å². The Kier molecular flexibility index (Phi) is 21.1. The normalized spacial score (nSPS) is 12.3. The highest BCUT2D eigenvalue weighted by atomic mass is 16.5. The van der Waals surface area contributed by atoms with E-state index < -0.39 is 16.8 Å². The summed E-state index contributed by atoms with van der Waals surface area (Å²) in [6.45, 7) is 14.0.